The van der Waals surface area contributed by atoms with Crippen molar-refractivity contribution in [3.05, 3.63) is 35.2 Å². The summed E-state index contributed by atoms with van der Waals surface area (Å²) in [6.07, 6.45) is 4.13. The summed E-state index contributed by atoms with van der Waals surface area (Å²) in [7, 11) is 1.84. The molecule has 0 atom stereocenters. The Labute approximate surface area is 105 Å². The van der Waals surface area contributed by atoms with Gasteiger partial charge in [-0.1, -0.05) is 0 Å². The van der Waals surface area contributed by atoms with Crippen molar-refractivity contribution in [3.63, 3.8) is 0 Å². The van der Waals surface area contributed by atoms with Crippen LogP contribution in [0.25, 0.3) is 0 Å². The molecule has 96 valence electrons. The highest BCUT2D eigenvalue weighted by atomic mass is 16.1. The highest BCUT2D eigenvalue weighted by molar-refractivity contribution is 5.96. The highest BCUT2D eigenvalue weighted by Gasteiger charge is 2.16. The lowest BCUT2D eigenvalue weighted by molar-refractivity contribution is 0.0953. The number of H-pyrrole nitrogens is 1. The molecule has 0 aliphatic rings. The van der Waals surface area contributed by atoms with Crippen LogP contribution in [0, 0.1) is 13.8 Å². The zero-order valence-corrected chi connectivity index (χ0v) is 10.8. The summed E-state index contributed by atoms with van der Waals surface area (Å²) in [5.74, 6) is -0.0717. The van der Waals surface area contributed by atoms with E-state index in [0.29, 0.717) is 12.1 Å². The van der Waals surface area contributed by atoms with E-state index in [9.17, 15) is 4.79 Å². The molecule has 2 heterocycles. The molecule has 0 saturated heterocycles. The van der Waals surface area contributed by atoms with Crippen LogP contribution in [-0.4, -0.2) is 32.2 Å². The summed E-state index contributed by atoms with van der Waals surface area (Å²) < 4.78 is 1.72. The zero-order valence-electron chi connectivity index (χ0n) is 10.8. The summed E-state index contributed by atoms with van der Waals surface area (Å²) in [4.78, 5) is 19.0. The van der Waals surface area contributed by atoms with Gasteiger partial charge >= 0.3 is 0 Å². The van der Waals surface area contributed by atoms with E-state index < -0.39 is 0 Å². The molecule has 6 heteroatoms. The predicted octanol–water partition coefficient (Wildman–Crippen LogP) is 0.733. The average Bonchev–Trinajstić information content (AvgIpc) is 2.89. The number of aromatic nitrogens is 4. The van der Waals surface area contributed by atoms with Gasteiger partial charge in [-0.05, 0) is 13.8 Å². The van der Waals surface area contributed by atoms with Gasteiger partial charge < -0.3 is 10.3 Å². The predicted molar refractivity (Wildman–Crippen MR) is 67.3 cm³/mol. The molecule has 1 amide bonds. The minimum atomic E-state index is -0.0717. The van der Waals surface area contributed by atoms with Gasteiger partial charge in [0.15, 0.2) is 0 Å². The number of imidazole rings is 1. The van der Waals surface area contributed by atoms with Crippen LogP contribution in [0.15, 0.2) is 12.5 Å². The van der Waals surface area contributed by atoms with Gasteiger partial charge in [0, 0.05) is 37.6 Å². The van der Waals surface area contributed by atoms with E-state index in [1.807, 2.05) is 20.9 Å². The number of aryl methyl sites for hydroxylation is 2. The molecule has 0 fully saturated rings. The Morgan fingerprint density at radius 1 is 1.50 bits per heavy atom. The van der Waals surface area contributed by atoms with Crippen molar-refractivity contribution in [1.29, 1.82) is 0 Å². The number of carbonyl (C=O) groups is 1. The molecule has 6 nitrogen and oxygen atoms in total. The van der Waals surface area contributed by atoms with E-state index in [2.05, 4.69) is 20.4 Å². The van der Waals surface area contributed by atoms with Gasteiger partial charge in [-0.15, -0.1) is 0 Å². The summed E-state index contributed by atoms with van der Waals surface area (Å²) in [5, 5.41) is 7.12. The molecule has 0 aliphatic carbocycles. The molecule has 0 aliphatic heterocycles. The quantitative estimate of drug-likeness (QED) is 0.836. The fraction of sp³-hybridized carbons (Fsp3) is 0.417. The largest absolute Gasteiger partial charge is 0.352 e. The number of hydrogen-bond donors (Lipinski definition) is 2. The number of rotatable bonds is 4. The number of amides is 1. The van der Waals surface area contributed by atoms with Crippen LogP contribution in [0.5, 0.6) is 0 Å². The summed E-state index contributed by atoms with van der Waals surface area (Å²) in [6, 6.07) is 0. The van der Waals surface area contributed by atoms with Gasteiger partial charge in [-0.25, -0.2) is 4.98 Å². The maximum Gasteiger partial charge on any atom is 0.255 e. The normalized spacial score (nSPS) is 10.6. The Kier molecular flexibility index (Phi) is 3.45. The zero-order chi connectivity index (χ0) is 13.1. The lowest BCUT2D eigenvalue weighted by Gasteiger charge is -2.04. The van der Waals surface area contributed by atoms with Gasteiger partial charge in [0.05, 0.1) is 17.6 Å². The van der Waals surface area contributed by atoms with Crippen molar-refractivity contribution in [3.8, 4) is 0 Å². The van der Waals surface area contributed by atoms with Crippen molar-refractivity contribution in [2.45, 2.75) is 20.3 Å². The van der Waals surface area contributed by atoms with Crippen molar-refractivity contribution in [1.82, 2.24) is 25.1 Å². The van der Waals surface area contributed by atoms with Crippen LogP contribution < -0.4 is 5.32 Å². The van der Waals surface area contributed by atoms with E-state index >= 15 is 0 Å². The molecule has 0 unspecified atom stereocenters. The third-order valence-electron chi connectivity index (χ3n) is 2.97. The van der Waals surface area contributed by atoms with Crippen LogP contribution in [-0.2, 0) is 13.5 Å². The molecular weight excluding hydrogens is 230 g/mol. The van der Waals surface area contributed by atoms with Crippen LogP contribution in [0.3, 0.4) is 0 Å². The van der Waals surface area contributed by atoms with Crippen molar-refractivity contribution in [2.75, 3.05) is 6.54 Å². The molecule has 0 aromatic carbocycles. The Hall–Kier alpha value is -2.11. The Morgan fingerprint density at radius 3 is 2.83 bits per heavy atom. The monoisotopic (exact) mass is 247 g/mol. The first-order chi connectivity index (χ1) is 8.59. The molecule has 0 spiro atoms. The minimum Gasteiger partial charge on any atom is -0.352 e. The second kappa shape index (κ2) is 5.03. The topological polar surface area (TPSA) is 75.6 Å². The fourth-order valence-corrected chi connectivity index (χ4v) is 1.92. The second-order valence-electron chi connectivity index (χ2n) is 4.25. The Morgan fingerprint density at radius 2 is 2.28 bits per heavy atom. The van der Waals surface area contributed by atoms with Gasteiger partial charge in [0.25, 0.3) is 5.91 Å². The van der Waals surface area contributed by atoms with Crippen LogP contribution in [0.4, 0.5) is 0 Å². The smallest absolute Gasteiger partial charge is 0.255 e. The average molecular weight is 247 g/mol. The standard InChI is InChI=1S/C12H17N5O/c1-8-11(9(2)17(3)16-8)12(18)14-5-4-10-6-13-7-15-10/h6-7H,4-5H2,1-3H3,(H,13,15)(H,14,18). The van der Waals surface area contributed by atoms with E-state index in [0.717, 1.165) is 23.5 Å². The third-order valence-corrected chi connectivity index (χ3v) is 2.97. The lowest BCUT2D eigenvalue weighted by Crippen LogP contribution is -2.26. The molecular formula is C12H17N5O. The van der Waals surface area contributed by atoms with Crippen molar-refractivity contribution >= 4 is 5.91 Å². The van der Waals surface area contributed by atoms with E-state index in [-0.39, 0.29) is 5.91 Å². The third kappa shape index (κ3) is 2.42. The summed E-state index contributed by atoms with van der Waals surface area (Å²) in [6.45, 7) is 4.31. The van der Waals surface area contributed by atoms with Gasteiger partial charge in [0.1, 0.15) is 0 Å². The first kappa shape index (κ1) is 12.3. The summed E-state index contributed by atoms with van der Waals surface area (Å²) in [5.41, 5.74) is 3.32. The maximum absolute atomic E-state index is 12.0. The van der Waals surface area contributed by atoms with Gasteiger partial charge in [0.2, 0.25) is 0 Å². The van der Waals surface area contributed by atoms with Gasteiger partial charge in [-0.2, -0.15) is 5.10 Å². The molecule has 2 rings (SSSR count). The SMILES string of the molecule is Cc1nn(C)c(C)c1C(=O)NCCc1cnc[nH]1. The maximum atomic E-state index is 12.0. The van der Waals surface area contributed by atoms with E-state index in [1.165, 1.54) is 0 Å². The fourth-order valence-electron chi connectivity index (χ4n) is 1.92. The van der Waals surface area contributed by atoms with Crippen LogP contribution in [0.1, 0.15) is 27.4 Å². The first-order valence-corrected chi connectivity index (χ1v) is 5.85. The van der Waals surface area contributed by atoms with Crippen molar-refractivity contribution < 1.29 is 4.79 Å². The summed E-state index contributed by atoms with van der Waals surface area (Å²) >= 11 is 0. The van der Waals surface area contributed by atoms with E-state index in [1.54, 1.807) is 17.2 Å². The number of aromatic amines is 1. The molecule has 0 radical (unpaired) electrons. The molecule has 2 aromatic heterocycles. The lowest BCUT2D eigenvalue weighted by atomic mass is 10.2. The number of nitrogens with zero attached hydrogens (tertiary/aromatic N) is 3. The first-order valence-electron chi connectivity index (χ1n) is 5.85. The number of hydrogen-bond acceptors (Lipinski definition) is 3. The molecule has 2 N–H and O–H groups in total. The second-order valence-corrected chi connectivity index (χ2v) is 4.25. The Bertz CT molecular complexity index is 541. The molecule has 2 aromatic rings. The number of carbonyl (C=O) groups excluding carboxylic acids is 1. The van der Waals surface area contributed by atoms with Crippen LogP contribution in [0.2, 0.25) is 0 Å². The minimum absolute atomic E-state index is 0.0717. The van der Waals surface area contributed by atoms with Gasteiger partial charge in [-0.3, -0.25) is 9.48 Å². The molecule has 18 heavy (non-hydrogen) atoms. The van der Waals surface area contributed by atoms with Crippen molar-refractivity contribution in [2.24, 2.45) is 7.05 Å². The number of nitrogens with one attached hydrogen (secondary N) is 2. The Balaban J connectivity index is 1.95. The van der Waals surface area contributed by atoms with E-state index in [4.69, 9.17) is 0 Å². The molecule has 0 bridgehead atoms. The van der Waals surface area contributed by atoms with Crippen LogP contribution >= 0.6 is 0 Å². The molecule has 0 saturated carbocycles. The highest BCUT2D eigenvalue weighted by Crippen LogP contribution is 2.11.